The summed E-state index contributed by atoms with van der Waals surface area (Å²) in [6.07, 6.45) is 0. The number of hydrogen-bond donors (Lipinski definition) is 1. The van der Waals surface area contributed by atoms with Gasteiger partial charge in [-0.15, -0.1) is 11.3 Å². The van der Waals surface area contributed by atoms with Crippen LogP contribution in [0.25, 0.3) is 10.6 Å². The number of rotatable bonds is 3. The van der Waals surface area contributed by atoms with Gasteiger partial charge in [0.1, 0.15) is 10.8 Å². The molecule has 0 saturated carbocycles. The normalized spacial score (nSPS) is 10.2. The molecule has 6 heteroatoms. The van der Waals surface area contributed by atoms with E-state index in [1.165, 1.54) is 16.7 Å². The standard InChI is InChI=1S/C11H8BrNO3S/c1-16-9-4-6(2-3-7(9)12)10-13-8(5-17-10)11(14)15/h2-5H,1H3,(H,14,15). The third-order valence-electron chi connectivity index (χ3n) is 2.12. The second kappa shape index (κ2) is 4.85. The SMILES string of the molecule is COc1cc(-c2nc(C(=O)O)cs2)ccc1Br. The zero-order valence-corrected chi connectivity index (χ0v) is 11.2. The molecule has 0 radical (unpaired) electrons. The number of carbonyl (C=O) groups is 1. The highest BCUT2D eigenvalue weighted by atomic mass is 79.9. The molecule has 0 spiro atoms. The van der Waals surface area contributed by atoms with Crippen molar-refractivity contribution >= 4 is 33.2 Å². The first-order valence-corrected chi connectivity index (χ1v) is 6.32. The Morgan fingerprint density at radius 2 is 2.29 bits per heavy atom. The Balaban J connectivity index is 2.42. The lowest BCUT2D eigenvalue weighted by Crippen LogP contribution is -1.95. The van der Waals surface area contributed by atoms with Crippen molar-refractivity contribution in [3.63, 3.8) is 0 Å². The van der Waals surface area contributed by atoms with E-state index in [-0.39, 0.29) is 5.69 Å². The van der Waals surface area contributed by atoms with Crippen LogP contribution < -0.4 is 4.74 Å². The predicted octanol–water partition coefficient (Wildman–Crippen LogP) is 3.28. The lowest BCUT2D eigenvalue weighted by atomic mass is 10.2. The maximum atomic E-state index is 10.7. The van der Waals surface area contributed by atoms with Crippen molar-refractivity contribution in [2.45, 2.75) is 0 Å². The highest BCUT2D eigenvalue weighted by molar-refractivity contribution is 9.10. The summed E-state index contributed by atoms with van der Waals surface area (Å²) in [6.45, 7) is 0. The molecule has 0 aliphatic heterocycles. The Morgan fingerprint density at radius 1 is 1.53 bits per heavy atom. The number of carboxylic acids is 1. The van der Waals surface area contributed by atoms with E-state index in [4.69, 9.17) is 9.84 Å². The Kier molecular flexibility index (Phi) is 3.44. The van der Waals surface area contributed by atoms with Gasteiger partial charge >= 0.3 is 5.97 Å². The van der Waals surface area contributed by atoms with Crippen LogP contribution in [0.1, 0.15) is 10.5 Å². The molecule has 1 aromatic heterocycles. The quantitative estimate of drug-likeness (QED) is 0.944. The zero-order valence-electron chi connectivity index (χ0n) is 8.81. The number of aromatic carboxylic acids is 1. The van der Waals surface area contributed by atoms with E-state index in [9.17, 15) is 4.79 Å². The maximum Gasteiger partial charge on any atom is 0.355 e. The second-order valence-corrected chi connectivity index (χ2v) is 4.90. The van der Waals surface area contributed by atoms with Gasteiger partial charge in [-0.05, 0) is 28.1 Å². The molecule has 2 rings (SSSR count). The minimum Gasteiger partial charge on any atom is -0.496 e. The highest BCUT2D eigenvalue weighted by Crippen LogP contribution is 2.32. The molecule has 0 unspecified atom stereocenters. The van der Waals surface area contributed by atoms with Crippen LogP contribution >= 0.6 is 27.3 Å². The van der Waals surface area contributed by atoms with E-state index >= 15 is 0 Å². The average Bonchev–Trinajstić information content (AvgIpc) is 2.79. The maximum absolute atomic E-state index is 10.7. The van der Waals surface area contributed by atoms with Crippen molar-refractivity contribution in [1.29, 1.82) is 0 Å². The summed E-state index contributed by atoms with van der Waals surface area (Å²) in [7, 11) is 1.58. The molecule has 0 amide bonds. The van der Waals surface area contributed by atoms with Gasteiger partial charge in [0.15, 0.2) is 5.69 Å². The molecule has 0 aliphatic carbocycles. The minimum atomic E-state index is -1.02. The molecule has 1 N–H and O–H groups in total. The molecule has 4 nitrogen and oxygen atoms in total. The monoisotopic (exact) mass is 313 g/mol. The van der Waals surface area contributed by atoms with Gasteiger partial charge in [-0.2, -0.15) is 0 Å². The fourth-order valence-corrected chi connectivity index (χ4v) is 2.50. The van der Waals surface area contributed by atoms with Crippen molar-refractivity contribution in [3.8, 4) is 16.3 Å². The van der Waals surface area contributed by atoms with Crippen molar-refractivity contribution in [3.05, 3.63) is 33.7 Å². The molecule has 88 valence electrons. The van der Waals surface area contributed by atoms with E-state index in [1.807, 2.05) is 18.2 Å². The summed E-state index contributed by atoms with van der Waals surface area (Å²) >= 11 is 4.65. The number of ether oxygens (including phenoxy) is 1. The second-order valence-electron chi connectivity index (χ2n) is 3.19. The first-order valence-electron chi connectivity index (χ1n) is 4.64. The van der Waals surface area contributed by atoms with Gasteiger partial charge in [-0.3, -0.25) is 0 Å². The number of methoxy groups -OCH3 is 1. The van der Waals surface area contributed by atoms with Crippen LogP contribution in [0.3, 0.4) is 0 Å². The highest BCUT2D eigenvalue weighted by Gasteiger charge is 2.11. The van der Waals surface area contributed by atoms with E-state index in [0.29, 0.717) is 10.8 Å². The van der Waals surface area contributed by atoms with Gasteiger partial charge in [0.25, 0.3) is 0 Å². The molecule has 0 saturated heterocycles. The lowest BCUT2D eigenvalue weighted by Gasteiger charge is -2.04. The number of benzene rings is 1. The van der Waals surface area contributed by atoms with Crippen molar-refractivity contribution in [2.75, 3.05) is 7.11 Å². The topological polar surface area (TPSA) is 59.4 Å². The number of thiazole rings is 1. The van der Waals surface area contributed by atoms with Crippen LogP contribution in [0.15, 0.2) is 28.1 Å². The van der Waals surface area contributed by atoms with E-state index in [0.717, 1.165) is 10.0 Å². The summed E-state index contributed by atoms with van der Waals surface area (Å²) in [5, 5.41) is 11.0. The van der Waals surface area contributed by atoms with Gasteiger partial charge < -0.3 is 9.84 Å². The molecule has 0 atom stereocenters. The van der Waals surface area contributed by atoms with Gasteiger partial charge in [0.2, 0.25) is 0 Å². The van der Waals surface area contributed by atoms with Crippen LogP contribution in [-0.4, -0.2) is 23.2 Å². The smallest absolute Gasteiger partial charge is 0.355 e. The summed E-state index contributed by atoms with van der Waals surface area (Å²) in [5.74, 6) is -0.328. The molecule has 0 aliphatic rings. The largest absolute Gasteiger partial charge is 0.496 e. The van der Waals surface area contributed by atoms with Gasteiger partial charge in [0.05, 0.1) is 11.6 Å². The summed E-state index contributed by atoms with van der Waals surface area (Å²) in [5.41, 5.74) is 0.898. The summed E-state index contributed by atoms with van der Waals surface area (Å²) < 4.78 is 6.02. The van der Waals surface area contributed by atoms with Gasteiger partial charge in [-0.1, -0.05) is 6.07 Å². The van der Waals surface area contributed by atoms with Crippen molar-refractivity contribution in [1.82, 2.24) is 4.98 Å². The third kappa shape index (κ3) is 2.48. The number of nitrogens with zero attached hydrogens (tertiary/aromatic N) is 1. The van der Waals surface area contributed by atoms with Crippen LogP contribution in [-0.2, 0) is 0 Å². The number of hydrogen-bond acceptors (Lipinski definition) is 4. The van der Waals surface area contributed by atoms with Crippen LogP contribution in [0, 0.1) is 0 Å². The van der Waals surface area contributed by atoms with Crippen LogP contribution in [0.4, 0.5) is 0 Å². The summed E-state index contributed by atoms with van der Waals surface area (Å²) in [6, 6.07) is 5.52. The molecule has 0 fully saturated rings. The molecule has 0 bridgehead atoms. The fourth-order valence-electron chi connectivity index (χ4n) is 1.30. The Hall–Kier alpha value is -1.40. The third-order valence-corrected chi connectivity index (χ3v) is 3.67. The summed E-state index contributed by atoms with van der Waals surface area (Å²) in [4.78, 5) is 14.8. The van der Waals surface area contributed by atoms with Crippen LogP contribution in [0.5, 0.6) is 5.75 Å². The van der Waals surface area contributed by atoms with Gasteiger partial charge in [-0.25, -0.2) is 9.78 Å². The Morgan fingerprint density at radius 3 is 2.88 bits per heavy atom. The van der Waals surface area contributed by atoms with Crippen LogP contribution in [0.2, 0.25) is 0 Å². The Labute approximate surface area is 110 Å². The fraction of sp³-hybridized carbons (Fsp3) is 0.0909. The zero-order chi connectivity index (χ0) is 12.4. The van der Waals surface area contributed by atoms with Crippen molar-refractivity contribution in [2.24, 2.45) is 0 Å². The molecule has 1 heterocycles. The van der Waals surface area contributed by atoms with Gasteiger partial charge in [0, 0.05) is 10.9 Å². The number of halogens is 1. The molecule has 2 aromatic rings. The molecule has 1 aromatic carbocycles. The number of carboxylic acid groups (broad SMARTS) is 1. The number of aromatic nitrogens is 1. The molecule has 17 heavy (non-hydrogen) atoms. The average molecular weight is 314 g/mol. The lowest BCUT2D eigenvalue weighted by molar-refractivity contribution is 0.0691. The predicted molar refractivity (Wildman–Crippen MR) is 68.8 cm³/mol. The Bertz CT molecular complexity index is 568. The van der Waals surface area contributed by atoms with E-state index < -0.39 is 5.97 Å². The minimum absolute atomic E-state index is 0.0619. The molecular weight excluding hydrogens is 306 g/mol. The van der Waals surface area contributed by atoms with E-state index in [1.54, 1.807) is 7.11 Å². The first kappa shape index (κ1) is 12.1. The molecular formula is C11H8BrNO3S. The first-order chi connectivity index (χ1) is 8.11. The van der Waals surface area contributed by atoms with Crippen molar-refractivity contribution < 1.29 is 14.6 Å². The van der Waals surface area contributed by atoms with E-state index in [2.05, 4.69) is 20.9 Å².